The number of carbonyl (C=O) groups is 3. The normalized spacial score (nSPS) is 23.7. The Morgan fingerprint density at radius 2 is 1.81 bits per heavy atom. The van der Waals surface area contributed by atoms with Crippen molar-refractivity contribution < 1.29 is 14.4 Å². The Hall–Kier alpha value is -2.21. The first-order chi connectivity index (χ1) is 13.0. The predicted octanol–water partition coefficient (Wildman–Crippen LogP) is 2.21. The summed E-state index contributed by atoms with van der Waals surface area (Å²) in [5.41, 5.74) is 1.72. The number of piperidine rings is 1. The summed E-state index contributed by atoms with van der Waals surface area (Å²) in [4.78, 5) is 43.5. The van der Waals surface area contributed by atoms with Crippen LogP contribution in [0.3, 0.4) is 0 Å². The Balaban J connectivity index is 1.72. The maximum Gasteiger partial charge on any atom is 0.251 e. The minimum Gasteiger partial charge on any atom is -0.343 e. The van der Waals surface area contributed by atoms with Crippen LogP contribution in [-0.2, 0) is 14.4 Å². The van der Waals surface area contributed by atoms with Gasteiger partial charge in [-0.1, -0.05) is 17.7 Å². The molecule has 0 aromatic heterocycles. The molecule has 2 fully saturated rings. The second kappa shape index (κ2) is 8.21. The lowest BCUT2D eigenvalue weighted by Gasteiger charge is -2.36. The smallest absolute Gasteiger partial charge is 0.251 e. The van der Waals surface area contributed by atoms with Crippen LogP contribution < -0.4 is 4.90 Å². The highest BCUT2D eigenvalue weighted by Gasteiger charge is 2.44. The van der Waals surface area contributed by atoms with E-state index in [-0.39, 0.29) is 30.1 Å². The fourth-order valence-electron chi connectivity index (χ4n) is 4.15. The third kappa shape index (κ3) is 3.90. The van der Waals surface area contributed by atoms with Gasteiger partial charge in [0.05, 0.1) is 24.1 Å². The number of anilines is 1. The number of hydrogen-bond acceptors (Lipinski definition) is 4. The number of hydrogen-bond donors (Lipinski definition) is 0. The lowest BCUT2D eigenvalue weighted by Crippen LogP contribution is -2.50. The van der Waals surface area contributed by atoms with Gasteiger partial charge in [-0.15, -0.1) is 0 Å². The Morgan fingerprint density at radius 3 is 2.44 bits per heavy atom. The Morgan fingerprint density at radius 1 is 1.15 bits per heavy atom. The summed E-state index contributed by atoms with van der Waals surface area (Å²) in [7, 11) is 0. The summed E-state index contributed by atoms with van der Waals surface area (Å²) < 4.78 is 0. The van der Waals surface area contributed by atoms with Crippen LogP contribution in [0.5, 0.6) is 0 Å². The first kappa shape index (κ1) is 19.5. The van der Waals surface area contributed by atoms with E-state index in [9.17, 15) is 14.4 Å². The van der Waals surface area contributed by atoms with Crippen LogP contribution in [0.15, 0.2) is 24.3 Å². The highest BCUT2D eigenvalue weighted by Crippen LogP contribution is 2.29. The van der Waals surface area contributed by atoms with E-state index < -0.39 is 6.04 Å². The number of benzene rings is 1. The molecule has 0 unspecified atom stereocenters. The van der Waals surface area contributed by atoms with Gasteiger partial charge in [0.2, 0.25) is 11.8 Å². The van der Waals surface area contributed by atoms with Gasteiger partial charge in [0.25, 0.3) is 5.91 Å². The zero-order valence-electron chi connectivity index (χ0n) is 16.5. The second-order valence-electron chi connectivity index (χ2n) is 7.47. The fraction of sp³-hybridized carbons (Fsp3) is 0.571. The molecule has 0 spiro atoms. The van der Waals surface area contributed by atoms with Gasteiger partial charge < -0.3 is 4.90 Å². The van der Waals surface area contributed by atoms with Crippen LogP contribution in [0.1, 0.15) is 38.7 Å². The number of nitrogens with zero attached hydrogens (tertiary/aromatic N) is 3. The van der Waals surface area contributed by atoms with Crippen molar-refractivity contribution in [3.05, 3.63) is 29.8 Å². The van der Waals surface area contributed by atoms with E-state index in [0.29, 0.717) is 25.3 Å². The molecule has 2 heterocycles. The summed E-state index contributed by atoms with van der Waals surface area (Å²) in [5.74, 6) is -0.252. The predicted molar refractivity (Wildman–Crippen MR) is 104 cm³/mol. The van der Waals surface area contributed by atoms with Crippen LogP contribution in [0.2, 0.25) is 0 Å². The average Bonchev–Trinajstić information content (AvgIpc) is 2.98. The van der Waals surface area contributed by atoms with Crippen molar-refractivity contribution in [1.82, 2.24) is 9.80 Å². The van der Waals surface area contributed by atoms with E-state index in [4.69, 9.17) is 0 Å². The number of aryl methyl sites for hydroxylation is 1. The topological polar surface area (TPSA) is 60.9 Å². The number of imide groups is 1. The first-order valence-electron chi connectivity index (χ1n) is 9.92. The van der Waals surface area contributed by atoms with E-state index in [2.05, 4.69) is 0 Å². The fourth-order valence-corrected chi connectivity index (χ4v) is 4.15. The molecule has 6 heteroatoms. The maximum atomic E-state index is 13.0. The van der Waals surface area contributed by atoms with Gasteiger partial charge in [-0.25, -0.2) is 4.90 Å². The second-order valence-corrected chi connectivity index (χ2v) is 7.47. The van der Waals surface area contributed by atoms with Crippen molar-refractivity contribution in [2.75, 3.05) is 31.1 Å². The molecule has 1 aromatic rings. The zero-order valence-corrected chi connectivity index (χ0v) is 16.5. The molecular weight excluding hydrogens is 342 g/mol. The average molecular weight is 371 g/mol. The summed E-state index contributed by atoms with van der Waals surface area (Å²) >= 11 is 0. The monoisotopic (exact) mass is 371 g/mol. The molecule has 146 valence electrons. The molecule has 27 heavy (non-hydrogen) atoms. The zero-order chi connectivity index (χ0) is 19.6. The molecule has 1 aromatic carbocycles. The largest absolute Gasteiger partial charge is 0.343 e. The number of amides is 3. The SMILES string of the molecule is CCN(CC)C(=O)[C@H]1CCCN([C@H]2CC(=O)N(c3ccc(C)cc3)C2=O)C1. The van der Waals surface area contributed by atoms with E-state index in [1.807, 2.05) is 54.8 Å². The van der Waals surface area contributed by atoms with Gasteiger partial charge in [0, 0.05) is 19.6 Å². The highest BCUT2D eigenvalue weighted by molar-refractivity contribution is 6.22. The van der Waals surface area contributed by atoms with Gasteiger partial charge in [-0.2, -0.15) is 0 Å². The quantitative estimate of drug-likeness (QED) is 0.745. The summed E-state index contributed by atoms with van der Waals surface area (Å²) in [6.45, 7) is 8.66. The third-order valence-electron chi connectivity index (χ3n) is 5.73. The van der Waals surface area contributed by atoms with Crippen LogP contribution in [-0.4, -0.2) is 59.7 Å². The van der Waals surface area contributed by atoms with Crippen molar-refractivity contribution >= 4 is 23.4 Å². The number of rotatable bonds is 5. The van der Waals surface area contributed by atoms with Gasteiger partial charge in [-0.3, -0.25) is 19.3 Å². The summed E-state index contributed by atoms with van der Waals surface area (Å²) in [6.07, 6.45) is 1.92. The standard InChI is InChI=1S/C21H29N3O3/c1-4-22(5-2)20(26)16-7-6-12-23(14-16)18-13-19(25)24(21(18)27)17-10-8-15(3)9-11-17/h8-11,16,18H,4-7,12-14H2,1-3H3/t16-,18-/m0/s1. The van der Waals surface area contributed by atoms with Crippen LogP contribution in [0, 0.1) is 12.8 Å². The molecule has 0 saturated carbocycles. The molecule has 2 saturated heterocycles. The van der Waals surface area contributed by atoms with Crippen LogP contribution in [0.25, 0.3) is 0 Å². The third-order valence-corrected chi connectivity index (χ3v) is 5.73. The molecule has 0 radical (unpaired) electrons. The Bertz CT molecular complexity index is 712. The van der Waals surface area contributed by atoms with Gasteiger partial charge in [-0.05, 0) is 52.3 Å². The Kier molecular flexibility index (Phi) is 5.95. The molecule has 3 amide bonds. The molecule has 0 aliphatic carbocycles. The van der Waals surface area contributed by atoms with E-state index in [0.717, 1.165) is 24.9 Å². The molecule has 2 aliphatic heterocycles. The molecule has 3 rings (SSSR count). The van der Waals surface area contributed by atoms with Crippen molar-refractivity contribution in [2.24, 2.45) is 5.92 Å². The lowest BCUT2D eigenvalue weighted by molar-refractivity contribution is -0.138. The van der Waals surface area contributed by atoms with Crippen molar-refractivity contribution in [3.63, 3.8) is 0 Å². The van der Waals surface area contributed by atoms with Gasteiger partial charge in [0.15, 0.2) is 0 Å². The van der Waals surface area contributed by atoms with Gasteiger partial charge in [0.1, 0.15) is 0 Å². The molecular formula is C21H29N3O3. The molecule has 2 aliphatic rings. The minimum atomic E-state index is -0.453. The van der Waals surface area contributed by atoms with Crippen LogP contribution >= 0.6 is 0 Å². The number of likely N-dealkylation sites (tertiary alicyclic amines) is 1. The molecule has 2 atom stereocenters. The lowest BCUT2D eigenvalue weighted by atomic mass is 9.95. The van der Waals surface area contributed by atoms with Crippen molar-refractivity contribution in [1.29, 1.82) is 0 Å². The van der Waals surface area contributed by atoms with Crippen LogP contribution in [0.4, 0.5) is 5.69 Å². The molecule has 0 N–H and O–H groups in total. The van der Waals surface area contributed by atoms with E-state index in [1.54, 1.807) is 0 Å². The Labute approximate surface area is 161 Å². The summed E-state index contributed by atoms with van der Waals surface area (Å²) in [6, 6.07) is 6.99. The molecule has 6 nitrogen and oxygen atoms in total. The number of carbonyl (C=O) groups excluding carboxylic acids is 3. The van der Waals surface area contributed by atoms with E-state index >= 15 is 0 Å². The van der Waals surface area contributed by atoms with Crippen molar-refractivity contribution in [2.45, 2.75) is 46.1 Å². The summed E-state index contributed by atoms with van der Waals surface area (Å²) in [5, 5.41) is 0. The van der Waals surface area contributed by atoms with Gasteiger partial charge >= 0.3 is 0 Å². The maximum absolute atomic E-state index is 13.0. The highest BCUT2D eigenvalue weighted by atomic mass is 16.2. The van der Waals surface area contributed by atoms with Crippen molar-refractivity contribution in [3.8, 4) is 0 Å². The minimum absolute atomic E-state index is 0.0880. The first-order valence-corrected chi connectivity index (χ1v) is 9.92. The van der Waals surface area contributed by atoms with E-state index in [1.165, 1.54) is 4.90 Å². The molecule has 0 bridgehead atoms.